The summed E-state index contributed by atoms with van der Waals surface area (Å²) in [5, 5.41) is 0. The average molecular weight is 403 g/mol. The van der Waals surface area contributed by atoms with Gasteiger partial charge in [0.1, 0.15) is 0 Å². The Labute approximate surface area is 158 Å². The lowest BCUT2D eigenvalue weighted by atomic mass is 9.69. The van der Waals surface area contributed by atoms with E-state index in [0.29, 0.717) is 37.2 Å². The quantitative estimate of drug-likeness (QED) is 0.555. The lowest BCUT2D eigenvalue weighted by molar-refractivity contribution is -0.161. The zero-order valence-electron chi connectivity index (χ0n) is 15.2. The first-order valence-electron chi connectivity index (χ1n) is 9.74. The number of carbonyl (C=O) groups is 2. The molecular weight excluding hydrogens is 377 g/mol. The molecular formula is C18H26FNO6S. The van der Waals surface area contributed by atoms with Gasteiger partial charge in [-0.3, -0.25) is 14.1 Å². The Morgan fingerprint density at radius 2 is 1.74 bits per heavy atom. The van der Waals surface area contributed by atoms with Crippen molar-refractivity contribution in [3.8, 4) is 0 Å². The number of alkyl halides is 1. The molecule has 5 rings (SSSR count). The van der Waals surface area contributed by atoms with Gasteiger partial charge in [0.2, 0.25) is 0 Å². The molecule has 1 amide bonds. The number of hydrogen-bond donors (Lipinski definition) is 1. The molecule has 1 saturated heterocycles. The Kier molecular flexibility index (Phi) is 4.73. The fourth-order valence-corrected chi connectivity index (χ4v) is 6.40. The van der Waals surface area contributed by atoms with Gasteiger partial charge >= 0.3 is 21.6 Å². The van der Waals surface area contributed by atoms with Gasteiger partial charge in [0.05, 0.1) is 12.0 Å². The normalized spacial score (nSPS) is 36.8. The van der Waals surface area contributed by atoms with Crippen molar-refractivity contribution in [1.29, 1.82) is 0 Å². The van der Waals surface area contributed by atoms with Gasteiger partial charge in [-0.1, -0.05) is 0 Å². The summed E-state index contributed by atoms with van der Waals surface area (Å²) in [4.78, 5) is 25.6. The van der Waals surface area contributed by atoms with Crippen molar-refractivity contribution in [3.63, 3.8) is 0 Å². The predicted octanol–water partition coefficient (Wildman–Crippen LogP) is 1.78. The van der Waals surface area contributed by atoms with Crippen LogP contribution >= 0.6 is 0 Å². The van der Waals surface area contributed by atoms with Gasteiger partial charge in [-0.05, 0) is 68.6 Å². The largest absolute Gasteiger partial charge is 0.465 e. The maximum atomic E-state index is 13.5. The minimum absolute atomic E-state index is 0.0758. The second-order valence-electron chi connectivity index (χ2n) is 8.95. The number of halogens is 1. The molecule has 4 saturated carbocycles. The monoisotopic (exact) mass is 403 g/mol. The third-order valence-electron chi connectivity index (χ3n) is 7.19. The Morgan fingerprint density at radius 1 is 1.15 bits per heavy atom. The van der Waals surface area contributed by atoms with Crippen LogP contribution in [0.1, 0.15) is 44.9 Å². The molecule has 152 valence electrons. The molecule has 1 N–H and O–H groups in total. The smallest absolute Gasteiger partial charge is 0.312 e. The van der Waals surface area contributed by atoms with Crippen LogP contribution in [-0.2, 0) is 24.4 Å². The molecule has 9 heteroatoms. The number of esters is 1. The number of nitrogens with zero attached hydrogens (tertiary/aromatic N) is 1. The lowest BCUT2D eigenvalue weighted by Gasteiger charge is -2.37. The highest BCUT2D eigenvalue weighted by molar-refractivity contribution is 7.87. The Morgan fingerprint density at radius 3 is 2.26 bits per heavy atom. The third kappa shape index (κ3) is 3.48. The zero-order valence-corrected chi connectivity index (χ0v) is 16.0. The fourth-order valence-electron chi connectivity index (χ4n) is 6.00. The van der Waals surface area contributed by atoms with Crippen molar-refractivity contribution >= 4 is 22.0 Å². The molecule has 1 aliphatic heterocycles. The van der Waals surface area contributed by atoms with Crippen molar-refractivity contribution in [2.24, 2.45) is 29.1 Å². The van der Waals surface area contributed by atoms with E-state index in [1.165, 1.54) is 12.8 Å². The van der Waals surface area contributed by atoms with Crippen LogP contribution in [-0.4, -0.2) is 54.9 Å². The van der Waals surface area contributed by atoms with Crippen molar-refractivity contribution < 1.29 is 31.7 Å². The standard InChI is InChI=1S/C18H26FNO6S/c19-15(27(23,24)25)16(21)20-3-1-11(2-4-20)10-26-17(22)18-7-12-5-13(8-18)14(6-12)9-18/h11-15H,1-10H2,(H,23,24,25). The molecule has 3 unspecified atom stereocenters. The van der Waals surface area contributed by atoms with Gasteiger partial charge < -0.3 is 9.64 Å². The highest BCUT2D eigenvalue weighted by Crippen LogP contribution is 2.64. The summed E-state index contributed by atoms with van der Waals surface area (Å²) in [7, 11) is -5.03. The number of carbonyl (C=O) groups excluding carboxylic acids is 2. The molecule has 5 fully saturated rings. The molecule has 0 aromatic rings. The number of piperidine rings is 1. The summed E-state index contributed by atoms with van der Waals surface area (Å²) in [5.41, 5.74) is -3.21. The van der Waals surface area contributed by atoms with Crippen LogP contribution in [0.5, 0.6) is 0 Å². The van der Waals surface area contributed by atoms with Crippen molar-refractivity contribution in [3.05, 3.63) is 0 Å². The van der Waals surface area contributed by atoms with Gasteiger partial charge in [-0.2, -0.15) is 8.42 Å². The highest BCUT2D eigenvalue weighted by Gasteiger charge is 2.60. The molecule has 0 aromatic heterocycles. The molecule has 1 heterocycles. The van der Waals surface area contributed by atoms with Crippen LogP contribution in [0.4, 0.5) is 4.39 Å². The minimum atomic E-state index is -5.03. The summed E-state index contributed by atoms with van der Waals surface area (Å²) in [5.74, 6) is 0.844. The summed E-state index contributed by atoms with van der Waals surface area (Å²) in [6.07, 6.45) is 6.45. The summed E-state index contributed by atoms with van der Waals surface area (Å²) in [6, 6.07) is 0. The second kappa shape index (κ2) is 6.69. The first-order valence-corrected chi connectivity index (χ1v) is 11.2. The Balaban J connectivity index is 1.25. The van der Waals surface area contributed by atoms with Crippen molar-refractivity contribution in [1.82, 2.24) is 4.90 Å². The van der Waals surface area contributed by atoms with Gasteiger partial charge in [0.15, 0.2) is 0 Å². The summed E-state index contributed by atoms with van der Waals surface area (Å²) in [6.45, 7) is 0.669. The van der Waals surface area contributed by atoms with Gasteiger partial charge in [0, 0.05) is 13.1 Å². The van der Waals surface area contributed by atoms with E-state index in [9.17, 15) is 22.4 Å². The molecule has 7 nitrogen and oxygen atoms in total. The zero-order chi connectivity index (χ0) is 19.4. The number of ether oxygens (including phenoxy) is 1. The first kappa shape index (κ1) is 19.1. The van der Waals surface area contributed by atoms with E-state index in [4.69, 9.17) is 9.29 Å². The van der Waals surface area contributed by atoms with Crippen molar-refractivity contribution in [2.75, 3.05) is 19.7 Å². The first-order chi connectivity index (χ1) is 12.7. The van der Waals surface area contributed by atoms with Crippen LogP contribution in [0, 0.1) is 29.1 Å². The predicted molar refractivity (Wildman–Crippen MR) is 92.7 cm³/mol. The van der Waals surface area contributed by atoms with Crippen LogP contribution in [0.15, 0.2) is 0 Å². The van der Waals surface area contributed by atoms with E-state index < -0.39 is 21.5 Å². The number of likely N-dealkylation sites (tertiary alicyclic amines) is 1. The highest BCUT2D eigenvalue weighted by atomic mass is 32.2. The molecule has 0 radical (unpaired) electrons. The third-order valence-corrected chi connectivity index (χ3v) is 7.91. The molecule has 3 atom stereocenters. The van der Waals surface area contributed by atoms with Crippen LogP contribution in [0.3, 0.4) is 0 Å². The minimum Gasteiger partial charge on any atom is -0.465 e. The molecule has 5 aliphatic rings. The van der Waals surface area contributed by atoms with E-state index in [-0.39, 0.29) is 30.4 Å². The molecule has 4 aliphatic carbocycles. The molecule has 0 spiro atoms. The lowest BCUT2D eigenvalue weighted by Crippen LogP contribution is -2.45. The molecule has 4 bridgehead atoms. The molecule has 27 heavy (non-hydrogen) atoms. The van der Waals surface area contributed by atoms with E-state index in [1.807, 2.05) is 0 Å². The number of rotatable bonds is 5. The van der Waals surface area contributed by atoms with E-state index in [1.54, 1.807) is 0 Å². The number of hydrogen-bond acceptors (Lipinski definition) is 5. The topological polar surface area (TPSA) is 101 Å². The Bertz CT molecular complexity index is 713. The van der Waals surface area contributed by atoms with Crippen molar-refractivity contribution in [2.45, 2.75) is 50.4 Å². The maximum Gasteiger partial charge on any atom is 0.312 e. The van der Waals surface area contributed by atoms with Gasteiger partial charge in [-0.25, -0.2) is 4.39 Å². The van der Waals surface area contributed by atoms with E-state index in [0.717, 1.165) is 24.2 Å². The second-order valence-corrected chi connectivity index (χ2v) is 10.4. The Hall–Kier alpha value is -1.22. The van der Waals surface area contributed by atoms with Gasteiger partial charge in [0.25, 0.3) is 5.91 Å². The summed E-state index contributed by atoms with van der Waals surface area (Å²) >= 11 is 0. The van der Waals surface area contributed by atoms with Crippen LogP contribution in [0.25, 0.3) is 0 Å². The summed E-state index contributed by atoms with van der Waals surface area (Å²) < 4.78 is 49.3. The van der Waals surface area contributed by atoms with E-state index >= 15 is 0 Å². The maximum absolute atomic E-state index is 13.5. The van der Waals surface area contributed by atoms with Gasteiger partial charge in [-0.15, -0.1) is 0 Å². The van der Waals surface area contributed by atoms with E-state index in [2.05, 4.69) is 0 Å². The average Bonchev–Trinajstić information content (AvgIpc) is 3.05. The molecule has 0 aromatic carbocycles. The van der Waals surface area contributed by atoms with Crippen LogP contribution in [0.2, 0.25) is 0 Å². The number of amides is 1. The fraction of sp³-hybridized carbons (Fsp3) is 0.889. The van der Waals surface area contributed by atoms with Crippen LogP contribution < -0.4 is 0 Å². The SMILES string of the molecule is O=C(C(F)S(=O)(=O)O)N1CCC(COC(=O)C23CC4CC(C2)C(C4)C3)CC1.